The summed E-state index contributed by atoms with van der Waals surface area (Å²) in [6, 6.07) is 0. The van der Waals surface area contributed by atoms with Gasteiger partial charge in [0.05, 0.1) is 0 Å². The molecule has 0 fully saturated rings. The van der Waals surface area contributed by atoms with Gasteiger partial charge in [-0.15, -0.1) is 0 Å². The Morgan fingerprint density at radius 3 is 0.811 bits per heavy atom. The fourth-order valence-electron chi connectivity index (χ4n) is 2.65. The molecule has 0 heterocycles. The quantitative estimate of drug-likeness (QED) is 0.110. The molecule has 4 nitrogen and oxygen atoms in total. The van der Waals surface area contributed by atoms with Gasteiger partial charge in [-0.05, 0) is 0 Å². The number of rotatable bonds is 16. The van der Waals surface area contributed by atoms with Crippen LogP contribution >= 0.6 is 84.8 Å². The Balaban J connectivity index is 6.25. The van der Waals surface area contributed by atoms with E-state index in [4.69, 9.17) is 48.9 Å². The SMILES string of the molecule is CCCCN(C)C(=S)S[Te](SC(=S)N(C)CCCC)(SC(=S)N(C)CCCC)SC(=S)N(C)CCCC. The first kappa shape index (κ1) is 38.7. The fourth-order valence-corrected chi connectivity index (χ4v) is 55.2. The number of unbranched alkanes of at least 4 members (excludes halogenated alkanes) is 4. The van der Waals surface area contributed by atoms with Crippen LogP contribution in [0.3, 0.4) is 0 Å². The van der Waals surface area contributed by atoms with Gasteiger partial charge in [-0.2, -0.15) is 0 Å². The predicted molar refractivity (Wildman–Crippen MR) is 197 cm³/mol. The molecule has 13 heteroatoms. The van der Waals surface area contributed by atoms with Gasteiger partial charge in [-0.3, -0.25) is 0 Å². The van der Waals surface area contributed by atoms with Gasteiger partial charge >= 0.3 is 268 Å². The van der Waals surface area contributed by atoms with Crippen molar-refractivity contribution in [2.45, 2.75) is 79.1 Å². The minimum atomic E-state index is -3.24. The van der Waals surface area contributed by atoms with Crippen molar-refractivity contribution < 1.29 is 0 Å². The predicted octanol–water partition coefficient (Wildman–Crippen LogP) is 8.42. The molecule has 0 rings (SSSR count). The summed E-state index contributed by atoms with van der Waals surface area (Å²) in [6.07, 6.45) is 9.08. The van der Waals surface area contributed by atoms with Crippen LogP contribution in [0.5, 0.6) is 0 Å². The van der Waals surface area contributed by atoms with E-state index in [1.807, 2.05) is 36.0 Å². The zero-order chi connectivity index (χ0) is 28.4. The Morgan fingerprint density at radius 1 is 0.459 bits per heavy atom. The van der Waals surface area contributed by atoms with Crippen molar-refractivity contribution in [3.8, 4) is 0 Å². The Morgan fingerprint density at radius 2 is 0.649 bits per heavy atom. The molecule has 0 aliphatic carbocycles. The van der Waals surface area contributed by atoms with Crippen LogP contribution in [0.15, 0.2) is 0 Å². The summed E-state index contributed by atoms with van der Waals surface area (Å²) in [5, 5.41) is 0. The Bertz CT molecular complexity index is 595. The maximum absolute atomic E-state index is 6.03. The van der Waals surface area contributed by atoms with Gasteiger partial charge in [0.25, 0.3) is 0 Å². The number of thiocarbonyl (C=S) groups is 4. The van der Waals surface area contributed by atoms with E-state index < -0.39 is 12.7 Å². The topological polar surface area (TPSA) is 13.0 Å². The third-order valence-corrected chi connectivity index (χ3v) is 43.0. The van der Waals surface area contributed by atoms with Crippen LogP contribution < -0.4 is 0 Å². The maximum atomic E-state index is 6.03. The summed E-state index contributed by atoms with van der Waals surface area (Å²) < 4.78 is 3.72. The van der Waals surface area contributed by atoms with Crippen LogP contribution in [0.4, 0.5) is 0 Å². The minimum absolute atomic E-state index is 0.930. The van der Waals surface area contributed by atoms with Gasteiger partial charge in [-0.1, -0.05) is 0 Å². The van der Waals surface area contributed by atoms with Crippen LogP contribution in [-0.4, -0.2) is 104 Å². The summed E-state index contributed by atoms with van der Waals surface area (Å²) in [4.78, 5) is 8.90. The van der Waals surface area contributed by atoms with Gasteiger partial charge in [-0.25, -0.2) is 0 Å². The molecule has 0 aliphatic heterocycles. The second-order valence-electron chi connectivity index (χ2n) is 8.91. The van der Waals surface area contributed by atoms with Gasteiger partial charge in [0.2, 0.25) is 0 Å². The summed E-state index contributed by atoms with van der Waals surface area (Å²) in [5.41, 5.74) is 0. The second kappa shape index (κ2) is 22.4. The van der Waals surface area contributed by atoms with E-state index in [-0.39, 0.29) is 0 Å². The molecule has 0 bridgehead atoms. The van der Waals surface area contributed by atoms with Gasteiger partial charge < -0.3 is 0 Å². The molecule has 0 atom stereocenters. The average molecular weight is 777 g/mol. The van der Waals surface area contributed by atoms with Crippen molar-refractivity contribution in [3.63, 3.8) is 0 Å². The molecular weight excluding hydrogens is 728 g/mol. The average Bonchev–Trinajstić information content (AvgIpc) is 2.86. The van der Waals surface area contributed by atoms with E-state index in [0.717, 1.165) is 94.8 Å². The zero-order valence-electron chi connectivity index (χ0n) is 23.9. The molecule has 218 valence electrons. The van der Waals surface area contributed by atoms with Crippen molar-refractivity contribution in [2.75, 3.05) is 54.4 Å². The van der Waals surface area contributed by atoms with Crippen molar-refractivity contribution >= 4 is 115 Å². The van der Waals surface area contributed by atoms with Crippen molar-refractivity contribution in [3.05, 3.63) is 0 Å². The number of hydrogen-bond acceptors (Lipinski definition) is 8. The molecular formula is C24H48N4S8Te. The van der Waals surface area contributed by atoms with Crippen molar-refractivity contribution in [1.29, 1.82) is 0 Å². The summed E-state index contributed by atoms with van der Waals surface area (Å²) in [6.45, 7) is 12.7. The van der Waals surface area contributed by atoms with Crippen LogP contribution in [0.25, 0.3) is 0 Å². The van der Waals surface area contributed by atoms with Gasteiger partial charge in [0, 0.05) is 0 Å². The van der Waals surface area contributed by atoms with E-state index in [9.17, 15) is 0 Å². The molecule has 0 aliphatic rings. The molecule has 0 amide bonds. The number of nitrogens with zero attached hydrogens (tertiary/aromatic N) is 4. The molecule has 0 saturated carbocycles. The van der Waals surface area contributed by atoms with Crippen molar-refractivity contribution in [2.24, 2.45) is 0 Å². The van der Waals surface area contributed by atoms with Gasteiger partial charge in [0.1, 0.15) is 0 Å². The Kier molecular flexibility index (Phi) is 23.4. The van der Waals surface area contributed by atoms with E-state index >= 15 is 0 Å². The molecule has 0 spiro atoms. The van der Waals surface area contributed by atoms with Crippen LogP contribution in [-0.2, 0) is 0 Å². The first-order valence-corrected chi connectivity index (χ1v) is 29.1. The zero-order valence-corrected chi connectivity index (χ0v) is 32.8. The third kappa shape index (κ3) is 16.7. The summed E-state index contributed by atoms with van der Waals surface area (Å²) >= 11 is 20.9. The molecule has 0 aromatic rings. The molecule has 0 N–H and O–H groups in total. The van der Waals surface area contributed by atoms with Crippen LogP contribution in [0.2, 0.25) is 0 Å². The summed E-state index contributed by atoms with van der Waals surface area (Å²) in [5.74, 6) is 0. The first-order valence-electron chi connectivity index (χ1n) is 13.1. The molecule has 0 unspecified atom stereocenters. The van der Waals surface area contributed by atoms with E-state index in [0.29, 0.717) is 0 Å². The van der Waals surface area contributed by atoms with Crippen molar-refractivity contribution in [1.82, 2.24) is 19.6 Å². The standard InChI is InChI=1S/C24H48N4S8Te/c1-9-13-17-25(5)21(29)33-37(34-22(30)26(6)18-14-10-2,35-23(31)27(7)19-15-11-3)36-24(32)28(8)20-16-12-4/h9-20H2,1-8H3. The molecule has 0 saturated heterocycles. The molecule has 0 aromatic heterocycles. The van der Waals surface area contributed by atoms with E-state index in [1.165, 1.54) is 0 Å². The number of hydrogen-bond donors (Lipinski definition) is 0. The molecule has 0 radical (unpaired) electrons. The fraction of sp³-hybridized carbons (Fsp3) is 0.833. The Hall–Kier alpha value is 1.75. The molecule has 37 heavy (non-hydrogen) atoms. The van der Waals surface area contributed by atoms with Crippen LogP contribution in [0, 0.1) is 0 Å². The van der Waals surface area contributed by atoms with Gasteiger partial charge in [0.15, 0.2) is 0 Å². The first-order chi connectivity index (χ1) is 17.5. The van der Waals surface area contributed by atoms with E-state index in [1.54, 1.807) is 0 Å². The third-order valence-electron chi connectivity index (χ3n) is 5.33. The second-order valence-corrected chi connectivity index (χ2v) is 43.6. The Labute approximate surface area is 265 Å². The summed E-state index contributed by atoms with van der Waals surface area (Å²) in [7, 11) is 15.9. The molecule has 0 aromatic carbocycles. The van der Waals surface area contributed by atoms with Crippen LogP contribution in [0.1, 0.15) is 79.1 Å². The normalized spacial score (nSPS) is 11.7. The monoisotopic (exact) mass is 778 g/mol. The van der Waals surface area contributed by atoms with E-state index in [2.05, 4.69) is 75.5 Å².